The van der Waals surface area contributed by atoms with Crippen molar-refractivity contribution in [2.75, 3.05) is 32.8 Å². The summed E-state index contributed by atoms with van der Waals surface area (Å²) >= 11 is 5.88. The molecule has 3 rings (SSSR count). The first-order chi connectivity index (χ1) is 13.4. The number of sulfonamides is 1. The fourth-order valence-corrected chi connectivity index (χ4v) is 4.32. The van der Waals surface area contributed by atoms with Gasteiger partial charge in [-0.2, -0.15) is 4.72 Å². The van der Waals surface area contributed by atoms with E-state index in [1.165, 1.54) is 10.3 Å². The van der Waals surface area contributed by atoms with Crippen LogP contribution in [0.25, 0.3) is 6.08 Å². The minimum absolute atomic E-state index is 0.298. The highest BCUT2D eigenvalue weighted by molar-refractivity contribution is 7.92. The van der Waals surface area contributed by atoms with Crippen LogP contribution < -0.4 is 9.62 Å². The van der Waals surface area contributed by atoms with Crippen molar-refractivity contribution < 1.29 is 18.1 Å². The summed E-state index contributed by atoms with van der Waals surface area (Å²) in [5.41, 5.74) is 2.89. The van der Waals surface area contributed by atoms with Crippen LogP contribution in [0.2, 0.25) is 5.02 Å². The number of ether oxygens (including phenoxy) is 1. The van der Waals surface area contributed by atoms with Crippen molar-refractivity contribution in [1.82, 2.24) is 4.72 Å². The van der Waals surface area contributed by atoms with Crippen molar-refractivity contribution in [3.63, 3.8) is 0 Å². The Bertz CT molecular complexity index is 890. The number of nitrogens with one attached hydrogen (secondary N) is 2. The molecular formula is C21H26ClN2O3S+. The summed E-state index contributed by atoms with van der Waals surface area (Å²) in [6.07, 6.45) is 1.58. The van der Waals surface area contributed by atoms with Gasteiger partial charge < -0.3 is 9.64 Å². The topological polar surface area (TPSA) is 59.8 Å². The third-order valence-electron chi connectivity index (χ3n) is 4.79. The maximum absolute atomic E-state index is 12.7. The second kappa shape index (κ2) is 9.67. The van der Waals surface area contributed by atoms with Crippen molar-refractivity contribution in [3.8, 4) is 0 Å². The zero-order valence-electron chi connectivity index (χ0n) is 15.9. The molecule has 0 aliphatic carbocycles. The van der Waals surface area contributed by atoms with Crippen molar-refractivity contribution >= 4 is 27.7 Å². The van der Waals surface area contributed by atoms with Gasteiger partial charge >= 0.3 is 0 Å². The SMILES string of the molecule is Cc1ccc([C@H](C[NH+]2CCOCC2)NS(=O)(=O)/C=C/c2ccc(Cl)cc2)cc1. The van der Waals surface area contributed by atoms with Gasteiger partial charge in [-0.1, -0.05) is 53.6 Å². The molecule has 0 bridgehead atoms. The Morgan fingerprint density at radius 1 is 1.11 bits per heavy atom. The van der Waals surface area contributed by atoms with Gasteiger partial charge in [-0.15, -0.1) is 0 Å². The van der Waals surface area contributed by atoms with E-state index >= 15 is 0 Å². The maximum Gasteiger partial charge on any atom is 0.234 e. The summed E-state index contributed by atoms with van der Waals surface area (Å²) in [7, 11) is -3.61. The molecule has 2 aromatic carbocycles. The molecule has 1 aliphatic heterocycles. The monoisotopic (exact) mass is 421 g/mol. The van der Waals surface area contributed by atoms with Crippen molar-refractivity contribution in [3.05, 3.63) is 75.7 Å². The van der Waals surface area contributed by atoms with E-state index in [9.17, 15) is 8.42 Å². The van der Waals surface area contributed by atoms with Gasteiger partial charge in [-0.05, 0) is 36.3 Å². The fraction of sp³-hybridized carbons (Fsp3) is 0.333. The van der Waals surface area contributed by atoms with E-state index in [-0.39, 0.29) is 6.04 Å². The molecule has 1 heterocycles. The highest BCUT2D eigenvalue weighted by atomic mass is 35.5. The highest BCUT2D eigenvalue weighted by Crippen LogP contribution is 2.15. The van der Waals surface area contributed by atoms with E-state index in [1.807, 2.05) is 31.2 Å². The molecule has 0 amide bonds. The Kier molecular flexibility index (Phi) is 7.26. The van der Waals surface area contributed by atoms with Crippen LogP contribution in [0.3, 0.4) is 0 Å². The molecule has 0 spiro atoms. The number of morpholine rings is 1. The largest absolute Gasteiger partial charge is 0.370 e. The zero-order valence-corrected chi connectivity index (χ0v) is 17.5. The number of halogens is 1. The van der Waals surface area contributed by atoms with Crippen LogP contribution >= 0.6 is 11.6 Å². The molecule has 0 radical (unpaired) electrons. The summed E-state index contributed by atoms with van der Waals surface area (Å²) in [4.78, 5) is 1.33. The van der Waals surface area contributed by atoms with E-state index in [2.05, 4.69) is 4.72 Å². The average Bonchev–Trinajstić information content (AvgIpc) is 2.68. The van der Waals surface area contributed by atoms with E-state index in [4.69, 9.17) is 16.3 Å². The predicted molar refractivity (Wildman–Crippen MR) is 113 cm³/mol. The minimum atomic E-state index is -3.61. The lowest BCUT2D eigenvalue weighted by Crippen LogP contribution is -3.14. The van der Waals surface area contributed by atoms with E-state index in [1.54, 1.807) is 30.3 Å². The minimum Gasteiger partial charge on any atom is -0.370 e. The zero-order chi connectivity index (χ0) is 20.0. The van der Waals surface area contributed by atoms with Crippen molar-refractivity contribution in [2.24, 2.45) is 0 Å². The Labute approximate surface area is 172 Å². The quantitative estimate of drug-likeness (QED) is 0.720. The fourth-order valence-electron chi connectivity index (χ4n) is 3.16. The summed E-state index contributed by atoms with van der Waals surface area (Å²) in [5.74, 6) is 0. The van der Waals surface area contributed by atoms with Gasteiger partial charge in [0, 0.05) is 10.4 Å². The molecule has 1 fully saturated rings. The number of rotatable bonds is 7. The van der Waals surface area contributed by atoms with Gasteiger partial charge in [0.05, 0.1) is 25.8 Å². The Morgan fingerprint density at radius 3 is 2.39 bits per heavy atom. The third-order valence-corrected chi connectivity index (χ3v) is 6.15. The lowest BCUT2D eigenvalue weighted by molar-refractivity contribution is -0.909. The van der Waals surface area contributed by atoms with Gasteiger partial charge in [0.15, 0.2) is 0 Å². The molecule has 0 unspecified atom stereocenters. The molecule has 2 N–H and O–H groups in total. The summed E-state index contributed by atoms with van der Waals surface area (Å²) in [6, 6.07) is 14.7. The molecular weight excluding hydrogens is 396 g/mol. The molecule has 2 aromatic rings. The molecule has 1 aliphatic rings. The van der Waals surface area contributed by atoms with E-state index < -0.39 is 10.0 Å². The Hall–Kier alpha value is -1.70. The summed E-state index contributed by atoms with van der Waals surface area (Å²) in [6.45, 7) is 5.87. The van der Waals surface area contributed by atoms with E-state index in [0.717, 1.165) is 29.8 Å². The number of quaternary nitrogens is 1. The summed E-state index contributed by atoms with van der Waals surface area (Å²) in [5, 5.41) is 1.83. The first kappa shape index (κ1) is 21.0. The third kappa shape index (κ3) is 6.43. The highest BCUT2D eigenvalue weighted by Gasteiger charge is 2.24. The molecule has 5 nitrogen and oxygen atoms in total. The molecule has 0 saturated carbocycles. The van der Waals surface area contributed by atoms with E-state index in [0.29, 0.717) is 24.8 Å². The first-order valence-corrected chi connectivity index (χ1v) is 11.3. The second-order valence-corrected chi connectivity index (χ2v) is 9.08. The number of benzene rings is 2. The normalized spacial score (nSPS) is 17.1. The van der Waals surface area contributed by atoms with Gasteiger partial charge in [0.2, 0.25) is 10.0 Å². The van der Waals surface area contributed by atoms with Gasteiger partial charge in [-0.25, -0.2) is 8.42 Å². The number of hydrogen-bond acceptors (Lipinski definition) is 3. The van der Waals surface area contributed by atoms with Crippen molar-refractivity contribution in [1.29, 1.82) is 0 Å². The van der Waals surface area contributed by atoms with Crippen LogP contribution in [0.15, 0.2) is 53.9 Å². The molecule has 0 aromatic heterocycles. The van der Waals surface area contributed by atoms with Crippen LogP contribution in [0.1, 0.15) is 22.7 Å². The van der Waals surface area contributed by atoms with Crippen LogP contribution in [0.4, 0.5) is 0 Å². The summed E-state index contributed by atoms with van der Waals surface area (Å²) < 4.78 is 33.7. The van der Waals surface area contributed by atoms with Crippen LogP contribution in [-0.4, -0.2) is 41.3 Å². The first-order valence-electron chi connectivity index (χ1n) is 9.35. The lowest BCUT2D eigenvalue weighted by Gasteiger charge is -2.28. The molecule has 28 heavy (non-hydrogen) atoms. The van der Waals surface area contributed by atoms with Gasteiger partial charge in [0.1, 0.15) is 13.1 Å². The average molecular weight is 422 g/mol. The second-order valence-electron chi connectivity index (χ2n) is 7.05. The standard InChI is InChI=1S/C21H25ClN2O3S/c1-17-2-6-19(7-3-17)21(16-24-11-13-27-14-12-24)23-28(25,26)15-10-18-4-8-20(22)9-5-18/h2-10,15,21,23H,11-14,16H2,1H3/p+1/b15-10+/t21-/m0/s1. The van der Waals surface area contributed by atoms with Gasteiger partial charge in [-0.3, -0.25) is 0 Å². The van der Waals surface area contributed by atoms with Gasteiger partial charge in [0.25, 0.3) is 0 Å². The predicted octanol–water partition coefficient (Wildman–Crippen LogP) is 2.19. The smallest absolute Gasteiger partial charge is 0.234 e. The Morgan fingerprint density at radius 2 is 1.75 bits per heavy atom. The number of hydrogen-bond donors (Lipinski definition) is 2. The molecule has 1 saturated heterocycles. The molecule has 150 valence electrons. The van der Waals surface area contributed by atoms with Crippen LogP contribution in [0, 0.1) is 6.92 Å². The molecule has 1 atom stereocenters. The van der Waals surface area contributed by atoms with Crippen LogP contribution in [0.5, 0.6) is 0 Å². The molecule has 7 heteroatoms. The maximum atomic E-state index is 12.7. The number of aryl methyl sites for hydroxylation is 1. The lowest BCUT2D eigenvalue weighted by atomic mass is 10.1. The van der Waals surface area contributed by atoms with Crippen LogP contribution in [-0.2, 0) is 14.8 Å². The van der Waals surface area contributed by atoms with Crippen molar-refractivity contribution in [2.45, 2.75) is 13.0 Å². The Balaban J connectivity index is 1.76.